The molecular formula is C9H16NP. The monoisotopic (exact) mass is 169 g/mol. The minimum atomic E-state index is 0.626. The van der Waals surface area contributed by atoms with Gasteiger partial charge in [-0.2, -0.15) is 0 Å². The van der Waals surface area contributed by atoms with Crippen molar-refractivity contribution in [2.75, 3.05) is 6.16 Å². The predicted molar refractivity (Wildman–Crippen MR) is 53.1 cm³/mol. The summed E-state index contributed by atoms with van der Waals surface area (Å²) < 4.78 is 2.36. The molecule has 0 aromatic carbocycles. The molecule has 1 aliphatic heterocycles. The molecule has 0 N–H and O–H groups in total. The molecule has 1 fully saturated rings. The van der Waals surface area contributed by atoms with Crippen molar-refractivity contribution in [1.82, 2.24) is 4.67 Å². The van der Waals surface area contributed by atoms with E-state index in [0.717, 1.165) is 8.73 Å². The molecule has 62 valence electrons. The van der Waals surface area contributed by atoms with E-state index in [1.807, 2.05) is 6.08 Å². The van der Waals surface area contributed by atoms with Gasteiger partial charge in [0.25, 0.3) is 0 Å². The number of unbranched alkanes of at least 4 members (excludes halogenated alkanes) is 1. The second kappa shape index (κ2) is 4.56. The first-order valence-corrected chi connectivity index (χ1v) is 5.35. The van der Waals surface area contributed by atoms with Crippen LogP contribution in [0.5, 0.6) is 0 Å². The van der Waals surface area contributed by atoms with Crippen molar-refractivity contribution in [2.45, 2.75) is 25.8 Å². The Hall–Kier alpha value is -0.290. The summed E-state index contributed by atoms with van der Waals surface area (Å²) in [6.45, 7) is 5.99. The van der Waals surface area contributed by atoms with Crippen LogP contribution in [-0.2, 0) is 0 Å². The summed E-state index contributed by atoms with van der Waals surface area (Å²) in [4.78, 5) is 0. The molecule has 2 heteroatoms. The standard InChI is InChI=1S/C9H16NP/c1-3-5-6-7-10-9(4-2)8-11-10/h4,6-7,9,11H,2-3,5,8H2,1H3/b7-6-. The van der Waals surface area contributed by atoms with Crippen molar-refractivity contribution in [3.63, 3.8) is 0 Å². The number of allylic oxidation sites excluding steroid dienone is 1. The highest BCUT2D eigenvalue weighted by Gasteiger charge is 2.20. The highest BCUT2D eigenvalue weighted by atomic mass is 31.1. The quantitative estimate of drug-likeness (QED) is 0.462. The Kier molecular flexibility index (Phi) is 3.65. The van der Waals surface area contributed by atoms with Gasteiger partial charge in [-0.3, -0.25) is 0 Å². The van der Waals surface area contributed by atoms with E-state index in [4.69, 9.17) is 0 Å². The van der Waals surface area contributed by atoms with Crippen molar-refractivity contribution in [3.05, 3.63) is 24.9 Å². The predicted octanol–water partition coefficient (Wildman–Crippen LogP) is 2.76. The molecule has 2 atom stereocenters. The van der Waals surface area contributed by atoms with E-state index in [9.17, 15) is 0 Å². The van der Waals surface area contributed by atoms with Gasteiger partial charge in [-0.1, -0.05) is 25.5 Å². The number of hydrogen-bond acceptors (Lipinski definition) is 1. The molecule has 11 heavy (non-hydrogen) atoms. The Balaban J connectivity index is 2.21. The summed E-state index contributed by atoms with van der Waals surface area (Å²) in [5, 5.41) is 0. The molecule has 1 heterocycles. The van der Waals surface area contributed by atoms with Crippen LogP contribution in [0.1, 0.15) is 19.8 Å². The Morgan fingerprint density at radius 3 is 3.00 bits per heavy atom. The SMILES string of the molecule is C=CC1CPN1/C=C\CCC. The van der Waals surface area contributed by atoms with Gasteiger partial charge in [0.05, 0.1) is 6.04 Å². The molecule has 0 bridgehead atoms. The first kappa shape index (κ1) is 8.80. The number of hydrogen-bond donors (Lipinski definition) is 0. The Bertz CT molecular complexity index is 154. The third kappa shape index (κ3) is 2.34. The van der Waals surface area contributed by atoms with Gasteiger partial charge in [-0.15, -0.1) is 6.58 Å². The van der Waals surface area contributed by atoms with E-state index in [-0.39, 0.29) is 0 Å². The largest absolute Gasteiger partial charge is 0.353 e. The number of nitrogens with zero attached hydrogens (tertiary/aromatic N) is 1. The molecule has 0 amide bonds. The Morgan fingerprint density at radius 1 is 1.73 bits per heavy atom. The van der Waals surface area contributed by atoms with Gasteiger partial charge in [0.2, 0.25) is 0 Å². The summed E-state index contributed by atoms with van der Waals surface area (Å²) in [7, 11) is 0.986. The van der Waals surface area contributed by atoms with Crippen LogP contribution in [0, 0.1) is 0 Å². The lowest BCUT2D eigenvalue weighted by Gasteiger charge is -2.37. The molecule has 0 saturated carbocycles. The topological polar surface area (TPSA) is 3.24 Å². The maximum Gasteiger partial charge on any atom is 0.0551 e. The summed E-state index contributed by atoms with van der Waals surface area (Å²) in [6.07, 6.45) is 10.3. The van der Waals surface area contributed by atoms with Crippen LogP contribution in [0.15, 0.2) is 24.9 Å². The summed E-state index contributed by atoms with van der Waals surface area (Å²) in [5.74, 6) is 0. The zero-order valence-corrected chi connectivity index (χ0v) is 8.09. The highest BCUT2D eigenvalue weighted by Crippen LogP contribution is 2.35. The van der Waals surface area contributed by atoms with Crippen LogP contribution in [0.25, 0.3) is 0 Å². The van der Waals surface area contributed by atoms with Gasteiger partial charge in [-0.25, -0.2) is 0 Å². The second-order valence-electron chi connectivity index (χ2n) is 2.75. The van der Waals surface area contributed by atoms with E-state index >= 15 is 0 Å². The van der Waals surface area contributed by atoms with Gasteiger partial charge < -0.3 is 4.67 Å². The van der Waals surface area contributed by atoms with E-state index in [1.54, 1.807) is 0 Å². The molecule has 1 aliphatic rings. The zero-order valence-electron chi connectivity index (χ0n) is 7.09. The molecule has 0 aromatic rings. The maximum absolute atomic E-state index is 3.79. The summed E-state index contributed by atoms with van der Waals surface area (Å²) in [6, 6.07) is 0.626. The molecule has 0 aliphatic carbocycles. The zero-order chi connectivity index (χ0) is 8.10. The number of rotatable bonds is 4. The van der Waals surface area contributed by atoms with Crippen molar-refractivity contribution < 1.29 is 0 Å². The van der Waals surface area contributed by atoms with Crippen LogP contribution in [-0.4, -0.2) is 16.9 Å². The fourth-order valence-electron chi connectivity index (χ4n) is 1.02. The summed E-state index contributed by atoms with van der Waals surface area (Å²) >= 11 is 0. The lowest BCUT2D eigenvalue weighted by molar-refractivity contribution is 0.497. The third-order valence-corrected chi connectivity index (χ3v) is 3.28. The van der Waals surface area contributed by atoms with Gasteiger partial charge in [0.15, 0.2) is 0 Å². The fourth-order valence-corrected chi connectivity index (χ4v) is 2.10. The van der Waals surface area contributed by atoms with E-state index in [1.165, 1.54) is 19.0 Å². The van der Waals surface area contributed by atoms with Crippen molar-refractivity contribution in [2.24, 2.45) is 0 Å². The third-order valence-electron chi connectivity index (χ3n) is 1.83. The van der Waals surface area contributed by atoms with Crippen LogP contribution >= 0.6 is 8.73 Å². The van der Waals surface area contributed by atoms with Gasteiger partial charge in [0, 0.05) is 6.16 Å². The van der Waals surface area contributed by atoms with E-state index in [0.29, 0.717) is 6.04 Å². The average Bonchev–Trinajstić information content (AvgIpc) is 1.97. The van der Waals surface area contributed by atoms with E-state index < -0.39 is 0 Å². The lowest BCUT2D eigenvalue weighted by Crippen LogP contribution is -2.33. The molecule has 0 radical (unpaired) electrons. The highest BCUT2D eigenvalue weighted by molar-refractivity contribution is 7.37. The van der Waals surface area contributed by atoms with Crippen LogP contribution in [0.2, 0.25) is 0 Å². The van der Waals surface area contributed by atoms with Crippen molar-refractivity contribution >= 4 is 8.73 Å². The molecule has 1 rings (SSSR count). The van der Waals surface area contributed by atoms with Gasteiger partial charge in [-0.05, 0) is 21.4 Å². The van der Waals surface area contributed by atoms with Crippen LogP contribution in [0.4, 0.5) is 0 Å². The first-order chi connectivity index (χ1) is 5.38. The molecule has 1 saturated heterocycles. The molecule has 0 aromatic heterocycles. The minimum absolute atomic E-state index is 0.626. The second-order valence-corrected chi connectivity index (χ2v) is 3.99. The molecule has 1 nitrogen and oxygen atoms in total. The molecular weight excluding hydrogens is 153 g/mol. The molecule has 0 spiro atoms. The average molecular weight is 169 g/mol. The Labute approximate surface area is 71.0 Å². The Morgan fingerprint density at radius 2 is 2.55 bits per heavy atom. The van der Waals surface area contributed by atoms with E-state index in [2.05, 4.69) is 30.4 Å². The minimum Gasteiger partial charge on any atom is -0.353 e. The van der Waals surface area contributed by atoms with Crippen LogP contribution in [0.3, 0.4) is 0 Å². The smallest absolute Gasteiger partial charge is 0.0551 e. The first-order valence-electron chi connectivity index (χ1n) is 4.19. The molecule has 2 unspecified atom stereocenters. The lowest BCUT2D eigenvalue weighted by atomic mass is 10.3. The van der Waals surface area contributed by atoms with Gasteiger partial charge in [0.1, 0.15) is 0 Å². The van der Waals surface area contributed by atoms with Crippen LogP contribution < -0.4 is 0 Å². The normalized spacial score (nSPS) is 25.9. The summed E-state index contributed by atoms with van der Waals surface area (Å²) in [5.41, 5.74) is 0. The van der Waals surface area contributed by atoms with Gasteiger partial charge >= 0.3 is 0 Å². The van der Waals surface area contributed by atoms with Crippen molar-refractivity contribution in [3.8, 4) is 0 Å². The van der Waals surface area contributed by atoms with Crippen molar-refractivity contribution in [1.29, 1.82) is 0 Å². The fraction of sp³-hybridized carbons (Fsp3) is 0.556. The maximum atomic E-state index is 3.79.